The summed E-state index contributed by atoms with van der Waals surface area (Å²) in [6, 6.07) is 17.5. The van der Waals surface area contributed by atoms with E-state index in [9.17, 15) is 17.6 Å². The first kappa shape index (κ1) is 27.7. The highest BCUT2D eigenvalue weighted by molar-refractivity contribution is 7.90. The molecule has 2 atom stereocenters. The number of aromatic nitrogens is 4. The van der Waals surface area contributed by atoms with Crippen molar-refractivity contribution in [2.24, 2.45) is 5.92 Å². The summed E-state index contributed by atoms with van der Waals surface area (Å²) in [6.45, 7) is 4.74. The zero-order valence-corrected chi connectivity index (χ0v) is 24.0. The molecule has 0 saturated carbocycles. The number of anilines is 2. The van der Waals surface area contributed by atoms with Gasteiger partial charge in [0.25, 0.3) is 15.9 Å². The molecule has 1 fully saturated rings. The quantitative estimate of drug-likeness (QED) is 0.319. The van der Waals surface area contributed by atoms with Gasteiger partial charge in [0.2, 0.25) is 5.95 Å². The standard InChI is InChI=1S/C30H30FN7O3S/c1-30(2)17-19-12-14-23(21-7-3-4-16-32-21)34-26-10-6-11-27(36-26)42(40,41)37-29(39)20-13-15-24(35-28(20)38(30)18-19)22-8-5-9-25(31)33-22/h3-11,13,15-16,19,23H,12,14,17-18H2,1-2H3,(H,34,36)(H,37,39)/t19-,23+/m0/s1. The zero-order chi connectivity index (χ0) is 29.5. The van der Waals surface area contributed by atoms with Crippen molar-refractivity contribution in [1.82, 2.24) is 24.7 Å². The molecule has 2 aliphatic rings. The molecule has 0 spiro atoms. The van der Waals surface area contributed by atoms with E-state index in [1.54, 1.807) is 30.5 Å². The molecule has 2 aliphatic heterocycles. The molecule has 0 radical (unpaired) electrons. The minimum absolute atomic E-state index is 0.0861. The van der Waals surface area contributed by atoms with Crippen LogP contribution in [0.25, 0.3) is 11.4 Å². The molecule has 0 unspecified atom stereocenters. The summed E-state index contributed by atoms with van der Waals surface area (Å²) >= 11 is 0. The van der Waals surface area contributed by atoms with Crippen LogP contribution < -0.4 is 14.9 Å². The fraction of sp³-hybridized carbons (Fsp3) is 0.300. The molecule has 1 amide bonds. The van der Waals surface area contributed by atoms with Crippen molar-refractivity contribution in [2.45, 2.75) is 49.7 Å². The predicted octanol–water partition coefficient (Wildman–Crippen LogP) is 4.74. The van der Waals surface area contributed by atoms with Crippen LogP contribution in [-0.2, 0) is 10.0 Å². The van der Waals surface area contributed by atoms with Gasteiger partial charge in [0.1, 0.15) is 11.6 Å². The molecule has 0 aliphatic carbocycles. The van der Waals surface area contributed by atoms with E-state index in [4.69, 9.17) is 4.98 Å². The molecular weight excluding hydrogens is 557 g/mol. The highest BCUT2D eigenvalue weighted by Crippen LogP contribution is 2.41. The first-order chi connectivity index (χ1) is 20.1. The summed E-state index contributed by atoms with van der Waals surface area (Å²) in [5.74, 6) is -0.568. The molecule has 2 N–H and O–H groups in total. The Morgan fingerprint density at radius 3 is 2.52 bits per heavy atom. The van der Waals surface area contributed by atoms with Crippen molar-refractivity contribution in [1.29, 1.82) is 0 Å². The van der Waals surface area contributed by atoms with Crippen molar-refractivity contribution in [3.8, 4) is 11.4 Å². The van der Waals surface area contributed by atoms with E-state index in [1.807, 2.05) is 23.1 Å². The molecule has 4 aromatic rings. The van der Waals surface area contributed by atoms with Crippen LogP contribution in [0.5, 0.6) is 0 Å². The largest absolute Gasteiger partial charge is 0.362 e. The van der Waals surface area contributed by atoms with Gasteiger partial charge in [0.15, 0.2) is 5.03 Å². The van der Waals surface area contributed by atoms with Crippen LogP contribution in [0, 0.1) is 11.9 Å². The number of sulfonamides is 1. The van der Waals surface area contributed by atoms with E-state index in [2.05, 4.69) is 38.8 Å². The number of carbonyl (C=O) groups is 1. The fourth-order valence-electron chi connectivity index (χ4n) is 5.81. The Kier molecular flexibility index (Phi) is 7.09. The van der Waals surface area contributed by atoms with Crippen LogP contribution in [0.1, 0.15) is 55.2 Å². The maximum absolute atomic E-state index is 14.0. The van der Waals surface area contributed by atoms with E-state index in [-0.39, 0.29) is 22.5 Å². The van der Waals surface area contributed by atoms with Crippen LogP contribution in [0.2, 0.25) is 0 Å². The SMILES string of the molecule is CC1(C)C[C@@H]2CC[C@H](c3ccccn3)Nc3cccc(n3)S(=O)(=O)NC(=O)c3ccc(-c4cccc(F)n4)nc3N1C2. The maximum atomic E-state index is 14.0. The topological polar surface area (TPSA) is 130 Å². The molecule has 1 saturated heterocycles. The lowest BCUT2D eigenvalue weighted by molar-refractivity contribution is 0.0981. The lowest BCUT2D eigenvalue weighted by Gasteiger charge is -2.34. The molecule has 6 heterocycles. The number of hydrogen-bond donors (Lipinski definition) is 2. The molecule has 216 valence electrons. The van der Waals surface area contributed by atoms with Gasteiger partial charge in [-0.15, -0.1) is 0 Å². The normalized spacial score (nSPS) is 21.3. The van der Waals surface area contributed by atoms with Crippen molar-refractivity contribution < 1.29 is 17.6 Å². The van der Waals surface area contributed by atoms with Gasteiger partial charge in [-0.3, -0.25) is 9.78 Å². The number of carbonyl (C=O) groups excluding carboxylic acids is 1. The third kappa shape index (κ3) is 5.54. The van der Waals surface area contributed by atoms with E-state index < -0.39 is 27.4 Å². The van der Waals surface area contributed by atoms with Gasteiger partial charge in [0.05, 0.1) is 28.7 Å². The molecular formula is C30H30FN7O3S. The van der Waals surface area contributed by atoms with Crippen molar-refractivity contribution >= 4 is 27.6 Å². The molecule has 0 aromatic carbocycles. The Hall–Kier alpha value is -4.45. The number of pyridine rings is 4. The third-order valence-corrected chi connectivity index (χ3v) is 9.00. The van der Waals surface area contributed by atoms with Gasteiger partial charge >= 0.3 is 0 Å². The predicted molar refractivity (Wildman–Crippen MR) is 156 cm³/mol. The third-order valence-electron chi connectivity index (χ3n) is 7.77. The first-order valence-corrected chi connectivity index (χ1v) is 15.2. The zero-order valence-electron chi connectivity index (χ0n) is 23.2. The maximum Gasteiger partial charge on any atom is 0.281 e. The minimum Gasteiger partial charge on any atom is -0.362 e. The Balaban J connectivity index is 1.47. The second kappa shape index (κ2) is 10.8. The second-order valence-electron chi connectivity index (χ2n) is 11.2. The Morgan fingerprint density at radius 2 is 1.74 bits per heavy atom. The summed E-state index contributed by atoms with van der Waals surface area (Å²) in [5, 5.41) is 3.07. The van der Waals surface area contributed by atoms with Crippen LogP contribution in [-0.4, -0.2) is 46.3 Å². The van der Waals surface area contributed by atoms with E-state index in [1.165, 1.54) is 24.3 Å². The lowest BCUT2D eigenvalue weighted by atomic mass is 9.91. The molecule has 10 nitrogen and oxygen atoms in total. The van der Waals surface area contributed by atoms with Gasteiger partial charge in [-0.25, -0.2) is 19.7 Å². The van der Waals surface area contributed by atoms with Crippen molar-refractivity contribution in [2.75, 3.05) is 16.8 Å². The highest BCUT2D eigenvalue weighted by Gasteiger charge is 2.41. The smallest absolute Gasteiger partial charge is 0.281 e. The fourth-order valence-corrected chi connectivity index (χ4v) is 6.74. The number of nitrogens with zero attached hydrogens (tertiary/aromatic N) is 5. The molecule has 4 bridgehead atoms. The van der Waals surface area contributed by atoms with Gasteiger partial charge in [-0.1, -0.05) is 18.2 Å². The highest BCUT2D eigenvalue weighted by atomic mass is 32.2. The van der Waals surface area contributed by atoms with Gasteiger partial charge < -0.3 is 10.2 Å². The molecule has 4 aromatic heterocycles. The minimum atomic E-state index is -4.34. The average molecular weight is 588 g/mol. The van der Waals surface area contributed by atoms with Gasteiger partial charge in [0, 0.05) is 18.3 Å². The van der Waals surface area contributed by atoms with Crippen molar-refractivity contribution in [3.05, 3.63) is 90.1 Å². The lowest BCUT2D eigenvalue weighted by Crippen LogP contribution is -2.41. The Morgan fingerprint density at radius 1 is 0.929 bits per heavy atom. The number of halogens is 1. The Labute approximate surface area is 243 Å². The number of fused-ring (bicyclic) bond motifs is 6. The summed E-state index contributed by atoms with van der Waals surface area (Å²) in [6.07, 6.45) is 4.09. The van der Waals surface area contributed by atoms with Crippen LogP contribution in [0.3, 0.4) is 0 Å². The molecule has 42 heavy (non-hydrogen) atoms. The van der Waals surface area contributed by atoms with E-state index in [0.29, 0.717) is 29.6 Å². The van der Waals surface area contributed by atoms with E-state index in [0.717, 1.165) is 25.0 Å². The van der Waals surface area contributed by atoms with Crippen LogP contribution in [0.15, 0.2) is 78.0 Å². The molecule has 6 rings (SSSR count). The summed E-state index contributed by atoms with van der Waals surface area (Å²) in [4.78, 5) is 33.2. The van der Waals surface area contributed by atoms with Gasteiger partial charge in [-0.05, 0) is 87.6 Å². The molecule has 12 heteroatoms. The number of rotatable bonds is 2. The summed E-state index contributed by atoms with van der Waals surface area (Å²) in [7, 11) is -4.34. The average Bonchev–Trinajstić information content (AvgIpc) is 3.28. The first-order valence-electron chi connectivity index (χ1n) is 13.7. The number of nitrogens with one attached hydrogen (secondary N) is 2. The monoisotopic (exact) mass is 587 g/mol. The second-order valence-corrected chi connectivity index (χ2v) is 12.9. The van der Waals surface area contributed by atoms with E-state index >= 15 is 0 Å². The van der Waals surface area contributed by atoms with Crippen LogP contribution >= 0.6 is 0 Å². The van der Waals surface area contributed by atoms with Crippen molar-refractivity contribution in [3.63, 3.8) is 0 Å². The Bertz CT molecular complexity index is 1750. The van der Waals surface area contributed by atoms with Crippen LogP contribution in [0.4, 0.5) is 16.0 Å². The number of amides is 1. The number of hydrogen-bond acceptors (Lipinski definition) is 9. The summed E-state index contributed by atoms with van der Waals surface area (Å²) in [5.41, 5.74) is 1.17. The summed E-state index contributed by atoms with van der Waals surface area (Å²) < 4.78 is 42.9. The van der Waals surface area contributed by atoms with Gasteiger partial charge in [-0.2, -0.15) is 12.8 Å².